The first-order valence-corrected chi connectivity index (χ1v) is 8.18. The van der Waals surface area contributed by atoms with Gasteiger partial charge >= 0.3 is 0 Å². The van der Waals surface area contributed by atoms with Crippen molar-refractivity contribution in [2.75, 3.05) is 18.1 Å². The minimum absolute atomic E-state index is 0.0416. The van der Waals surface area contributed by atoms with Crippen LogP contribution < -0.4 is 10.6 Å². The van der Waals surface area contributed by atoms with E-state index in [1.165, 1.54) is 12.1 Å². The monoisotopic (exact) mass is 313 g/mol. The first-order chi connectivity index (χ1) is 9.77. The summed E-state index contributed by atoms with van der Waals surface area (Å²) in [6.07, 6.45) is 1.94. The van der Waals surface area contributed by atoms with E-state index in [1.54, 1.807) is 0 Å². The van der Waals surface area contributed by atoms with E-state index in [9.17, 15) is 23.3 Å². The molecule has 9 heteroatoms. The van der Waals surface area contributed by atoms with Crippen LogP contribution in [0.3, 0.4) is 0 Å². The molecule has 0 radical (unpaired) electrons. The number of nitrogens with zero attached hydrogens (tertiary/aromatic N) is 1. The average Bonchev–Trinajstić information content (AvgIpc) is 2.40. The maximum atomic E-state index is 11.8. The van der Waals surface area contributed by atoms with Crippen LogP contribution in [0.15, 0.2) is 23.1 Å². The van der Waals surface area contributed by atoms with Gasteiger partial charge in [0.2, 0.25) is 5.91 Å². The van der Waals surface area contributed by atoms with Crippen molar-refractivity contribution >= 4 is 27.1 Å². The molecule has 0 spiro atoms. The van der Waals surface area contributed by atoms with E-state index in [2.05, 4.69) is 10.6 Å². The molecule has 21 heavy (non-hydrogen) atoms. The second-order valence-electron chi connectivity index (χ2n) is 4.89. The highest BCUT2D eigenvalue weighted by Crippen LogP contribution is 2.27. The van der Waals surface area contributed by atoms with E-state index in [1.807, 2.05) is 0 Å². The van der Waals surface area contributed by atoms with E-state index in [0.717, 1.165) is 12.3 Å². The fourth-order valence-electron chi connectivity index (χ4n) is 2.13. The summed E-state index contributed by atoms with van der Waals surface area (Å²) in [5.41, 5.74) is 0.0298. The maximum Gasteiger partial charge on any atom is 0.270 e. The van der Waals surface area contributed by atoms with Crippen molar-refractivity contribution in [2.24, 2.45) is 0 Å². The van der Waals surface area contributed by atoms with Gasteiger partial charge in [-0.3, -0.25) is 14.9 Å². The molecule has 1 fully saturated rings. The fraction of sp³-hybridized carbons (Fsp3) is 0.417. The van der Waals surface area contributed by atoms with Crippen LogP contribution in [0.25, 0.3) is 0 Å². The Morgan fingerprint density at radius 3 is 2.67 bits per heavy atom. The van der Waals surface area contributed by atoms with Crippen LogP contribution in [0, 0.1) is 10.1 Å². The number of rotatable bonds is 4. The second-order valence-corrected chi connectivity index (χ2v) is 6.88. The second kappa shape index (κ2) is 5.68. The summed E-state index contributed by atoms with van der Waals surface area (Å²) >= 11 is 0. The number of hydrogen-bond acceptors (Lipinski definition) is 6. The number of nitro groups is 1. The highest BCUT2D eigenvalue weighted by atomic mass is 32.2. The molecular formula is C12H15N3O5S. The lowest BCUT2D eigenvalue weighted by Crippen LogP contribution is -2.42. The fourth-order valence-corrected chi connectivity index (χ4v) is 2.99. The van der Waals surface area contributed by atoms with Gasteiger partial charge in [-0.25, -0.2) is 8.42 Å². The van der Waals surface area contributed by atoms with Gasteiger partial charge in [0.05, 0.1) is 15.5 Å². The molecule has 114 valence electrons. The Morgan fingerprint density at radius 2 is 2.14 bits per heavy atom. The number of carbonyl (C=O) groups excluding carboxylic acids is 1. The summed E-state index contributed by atoms with van der Waals surface area (Å²) in [6.45, 7) is 0.388. The van der Waals surface area contributed by atoms with Gasteiger partial charge < -0.3 is 10.6 Å². The van der Waals surface area contributed by atoms with Crippen LogP contribution in [-0.4, -0.2) is 38.1 Å². The first kappa shape index (κ1) is 15.2. The molecule has 1 atom stereocenters. The third-order valence-electron chi connectivity index (χ3n) is 3.20. The molecule has 1 aromatic rings. The Hall–Kier alpha value is -2.16. The number of carbonyl (C=O) groups is 1. The standard InChI is InChI=1S/C12H15N3O5S/c1-21(19,20)11-6-9(15(17)18)3-4-10(11)14-8-2-5-12(16)13-7-8/h3-4,6,8,14H,2,5,7H2,1H3,(H,13,16). The van der Waals surface area contributed by atoms with Gasteiger partial charge in [0.1, 0.15) is 0 Å². The highest BCUT2D eigenvalue weighted by Gasteiger charge is 2.22. The first-order valence-electron chi connectivity index (χ1n) is 6.29. The third-order valence-corrected chi connectivity index (χ3v) is 4.34. The van der Waals surface area contributed by atoms with Crippen molar-refractivity contribution in [1.82, 2.24) is 5.32 Å². The van der Waals surface area contributed by atoms with Gasteiger partial charge in [-0.2, -0.15) is 0 Å². The van der Waals surface area contributed by atoms with Crippen molar-refractivity contribution in [3.63, 3.8) is 0 Å². The average molecular weight is 313 g/mol. The molecule has 8 nitrogen and oxygen atoms in total. The molecule has 2 N–H and O–H groups in total. The summed E-state index contributed by atoms with van der Waals surface area (Å²) in [6, 6.07) is 3.56. The molecule has 0 saturated carbocycles. The number of anilines is 1. The Bertz CT molecular complexity index is 676. The van der Waals surface area contributed by atoms with Crippen molar-refractivity contribution in [2.45, 2.75) is 23.8 Å². The van der Waals surface area contributed by atoms with Gasteiger partial charge in [0, 0.05) is 37.4 Å². The summed E-state index contributed by atoms with van der Waals surface area (Å²) in [5.74, 6) is -0.0416. The predicted molar refractivity (Wildman–Crippen MR) is 75.9 cm³/mol. The Labute approximate surface area is 121 Å². The van der Waals surface area contributed by atoms with E-state index in [-0.39, 0.29) is 22.5 Å². The molecule has 1 heterocycles. The largest absolute Gasteiger partial charge is 0.379 e. The lowest BCUT2D eigenvalue weighted by atomic mass is 10.1. The molecule has 1 unspecified atom stereocenters. The smallest absolute Gasteiger partial charge is 0.270 e. The summed E-state index contributed by atoms with van der Waals surface area (Å²) in [4.78, 5) is 21.1. The summed E-state index contributed by atoms with van der Waals surface area (Å²) in [5, 5.41) is 16.5. The number of non-ortho nitro benzene ring substituents is 1. The minimum Gasteiger partial charge on any atom is -0.379 e. The molecule has 0 bridgehead atoms. The molecule has 1 aliphatic rings. The van der Waals surface area contributed by atoms with Crippen molar-refractivity contribution in [1.29, 1.82) is 0 Å². The van der Waals surface area contributed by atoms with Crippen LogP contribution in [0.1, 0.15) is 12.8 Å². The van der Waals surface area contributed by atoms with Crippen LogP contribution in [0.4, 0.5) is 11.4 Å². The Balaban J connectivity index is 2.30. The van der Waals surface area contributed by atoms with E-state index in [0.29, 0.717) is 25.1 Å². The topological polar surface area (TPSA) is 118 Å². The number of benzene rings is 1. The number of piperidine rings is 1. The van der Waals surface area contributed by atoms with Crippen molar-refractivity contribution in [3.8, 4) is 0 Å². The number of nitro benzene ring substituents is 1. The predicted octanol–water partition coefficient (Wildman–Crippen LogP) is 0.689. The van der Waals surface area contributed by atoms with Crippen LogP contribution >= 0.6 is 0 Å². The molecular weight excluding hydrogens is 298 g/mol. The van der Waals surface area contributed by atoms with Crippen LogP contribution in [-0.2, 0) is 14.6 Å². The van der Waals surface area contributed by atoms with Gasteiger partial charge in [-0.15, -0.1) is 0 Å². The zero-order valence-corrected chi connectivity index (χ0v) is 12.1. The normalized spacial score (nSPS) is 18.9. The molecule has 1 saturated heterocycles. The minimum atomic E-state index is -3.61. The lowest BCUT2D eigenvalue weighted by Gasteiger charge is -2.25. The quantitative estimate of drug-likeness (QED) is 0.623. The Kier molecular flexibility index (Phi) is 4.12. The molecule has 1 aromatic carbocycles. The van der Waals surface area contributed by atoms with E-state index in [4.69, 9.17) is 0 Å². The molecule has 0 aromatic heterocycles. The molecule has 0 aliphatic carbocycles. The van der Waals surface area contributed by atoms with Gasteiger partial charge in [-0.1, -0.05) is 0 Å². The molecule has 1 aliphatic heterocycles. The third kappa shape index (κ3) is 3.69. The number of sulfone groups is 1. The van der Waals surface area contributed by atoms with Gasteiger partial charge in [-0.05, 0) is 12.5 Å². The SMILES string of the molecule is CS(=O)(=O)c1cc([N+](=O)[O-])ccc1NC1CCC(=O)NC1. The zero-order chi connectivity index (χ0) is 15.6. The van der Waals surface area contributed by atoms with Gasteiger partial charge in [0.25, 0.3) is 5.69 Å². The number of nitrogens with one attached hydrogen (secondary N) is 2. The zero-order valence-electron chi connectivity index (χ0n) is 11.3. The van der Waals surface area contributed by atoms with E-state index < -0.39 is 14.8 Å². The maximum absolute atomic E-state index is 11.8. The van der Waals surface area contributed by atoms with Crippen LogP contribution in [0.2, 0.25) is 0 Å². The molecule has 1 amide bonds. The van der Waals surface area contributed by atoms with E-state index >= 15 is 0 Å². The highest BCUT2D eigenvalue weighted by molar-refractivity contribution is 7.90. The number of amides is 1. The Morgan fingerprint density at radius 1 is 1.43 bits per heavy atom. The van der Waals surface area contributed by atoms with Crippen LogP contribution in [0.5, 0.6) is 0 Å². The van der Waals surface area contributed by atoms with Gasteiger partial charge in [0.15, 0.2) is 9.84 Å². The summed E-state index contributed by atoms with van der Waals surface area (Å²) < 4.78 is 23.6. The summed E-state index contributed by atoms with van der Waals surface area (Å²) in [7, 11) is -3.61. The lowest BCUT2D eigenvalue weighted by molar-refractivity contribution is -0.385. The molecule has 2 rings (SSSR count). The number of hydrogen-bond donors (Lipinski definition) is 2. The van der Waals surface area contributed by atoms with Crippen molar-refractivity contribution in [3.05, 3.63) is 28.3 Å². The van der Waals surface area contributed by atoms with Crippen molar-refractivity contribution < 1.29 is 18.1 Å².